The van der Waals surface area contributed by atoms with E-state index in [2.05, 4.69) is 5.32 Å². The van der Waals surface area contributed by atoms with Gasteiger partial charge in [-0.15, -0.1) is 0 Å². The molecule has 36 heavy (non-hydrogen) atoms. The van der Waals surface area contributed by atoms with E-state index in [1.54, 1.807) is 50.2 Å². The monoisotopic (exact) mass is 575 g/mol. The number of sulfonamides is 1. The molecule has 2 aromatic rings. The molecule has 1 atom stereocenters. The van der Waals surface area contributed by atoms with Gasteiger partial charge in [0.2, 0.25) is 21.8 Å². The molecule has 0 aliphatic carbocycles. The number of rotatable bonds is 12. The smallest absolute Gasteiger partial charge is 0.244 e. The zero-order valence-electron chi connectivity index (χ0n) is 20.9. The third kappa shape index (κ3) is 8.00. The lowest BCUT2D eigenvalue weighted by Gasteiger charge is -2.33. The molecule has 0 aromatic heterocycles. The van der Waals surface area contributed by atoms with Crippen molar-refractivity contribution in [1.29, 1.82) is 0 Å². The fourth-order valence-electron chi connectivity index (χ4n) is 3.72. The van der Waals surface area contributed by atoms with Gasteiger partial charge in [0, 0.05) is 18.1 Å². The van der Waals surface area contributed by atoms with Gasteiger partial charge in [0.15, 0.2) is 0 Å². The minimum atomic E-state index is -3.85. The van der Waals surface area contributed by atoms with Gasteiger partial charge in [-0.3, -0.25) is 13.9 Å². The SMILES string of the molecule is CCCCNC(=O)[C@@H](CC)N(Cc1ccc(Cl)c(Cl)c1)C(=O)CN(c1cccc(Cl)c1C)S(C)(=O)=O. The topological polar surface area (TPSA) is 86.8 Å². The number of carbonyl (C=O) groups excluding carboxylic acids is 2. The highest BCUT2D eigenvalue weighted by molar-refractivity contribution is 7.92. The Hall–Kier alpha value is -2.00. The maximum absolute atomic E-state index is 13.7. The van der Waals surface area contributed by atoms with Crippen LogP contribution in [0.5, 0.6) is 0 Å². The fourth-order valence-corrected chi connectivity index (χ4v) is 5.11. The Morgan fingerprint density at radius 1 is 1.03 bits per heavy atom. The molecule has 0 radical (unpaired) electrons. The van der Waals surface area contributed by atoms with Gasteiger partial charge in [0.05, 0.1) is 22.0 Å². The number of hydrogen-bond donors (Lipinski definition) is 1. The van der Waals surface area contributed by atoms with Gasteiger partial charge in [0.1, 0.15) is 12.6 Å². The zero-order chi connectivity index (χ0) is 27.0. The summed E-state index contributed by atoms with van der Waals surface area (Å²) in [5.41, 5.74) is 1.48. The predicted octanol–water partition coefficient (Wildman–Crippen LogP) is 5.44. The lowest BCUT2D eigenvalue weighted by atomic mass is 10.1. The average Bonchev–Trinajstić information content (AvgIpc) is 2.81. The molecule has 0 aliphatic rings. The Labute approximate surface area is 228 Å². The van der Waals surface area contributed by atoms with Crippen molar-refractivity contribution in [2.75, 3.05) is 23.7 Å². The number of benzene rings is 2. The van der Waals surface area contributed by atoms with Gasteiger partial charge < -0.3 is 10.2 Å². The standard InChI is InChI=1S/C25H32Cl3N3O4S/c1-5-7-13-29-25(33)22(6-2)30(15-18-11-12-20(27)21(28)14-18)24(32)16-31(36(4,34)35)23-10-8-9-19(26)17(23)3/h8-12,14,22H,5-7,13,15-16H2,1-4H3,(H,29,33)/t22-/m1/s1. The molecule has 0 unspecified atom stereocenters. The lowest BCUT2D eigenvalue weighted by Crippen LogP contribution is -2.52. The highest BCUT2D eigenvalue weighted by Crippen LogP contribution is 2.29. The summed E-state index contributed by atoms with van der Waals surface area (Å²) in [6, 6.07) is 9.00. The van der Waals surface area contributed by atoms with Crippen molar-refractivity contribution in [3.05, 3.63) is 62.6 Å². The Bertz CT molecular complexity index is 1190. The van der Waals surface area contributed by atoms with Gasteiger partial charge >= 0.3 is 0 Å². The molecule has 0 aliphatic heterocycles. The summed E-state index contributed by atoms with van der Waals surface area (Å²) in [6.07, 6.45) is 3.07. The van der Waals surface area contributed by atoms with Crippen molar-refractivity contribution in [3.8, 4) is 0 Å². The number of nitrogens with zero attached hydrogens (tertiary/aromatic N) is 2. The first-order valence-electron chi connectivity index (χ1n) is 11.6. The first-order chi connectivity index (χ1) is 16.9. The molecular weight excluding hydrogens is 545 g/mol. The summed E-state index contributed by atoms with van der Waals surface area (Å²) >= 11 is 18.4. The van der Waals surface area contributed by atoms with Crippen LogP contribution in [0.4, 0.5) is 5.69 Å². The molecule has 7 nitrogen and oxygen atoms in total. The van der Waals surface area contributed by atoms with Crippen LogP contribution in [0.3, 0.4) is 0 Å². The van der Waals surface area contributed by atoms with Crippen LogP contribution in [-0.4, -0.2) is 50.5 Å². The Balaban J connectivity index is 2.47. The van der Waals surface area contributed by atoms with E-state index in [1.807, 2.05) is 6.92 Å². The molecule has 11 heteroatoms. The summed E-state index contributed by atoms with van der Waals surface area (Å²) in [5, 5.41) is 3.93. The van der Waals surface area contributed by atoms with Gasteiger partial charge in [-0.05, 0) is 55.2 Å². The van der Waals surface area contributed by atoms with Crippen molar-refractivity contribution in [1.82, 2.24) is 10.2 Å². The van der Waals surface area contributed by atoms with E-state index in [-0.39, 0.29) is 12.5 Å². The summed E-state index contributed by atoms with van der Waals surface area (Å²) < 4.78 is 26.5. The van der Waals surface area contributed by atoms with E-state index in [0.29, 0.717) is 44.8 Å². The van der Waals surface area contributed by atoms with E-state index >= 15 is 0 Å². The van der Waals surface area contributed by atoms with Crippen LogP contribution in [0, 0.1) is 6.92 Å². The maximum atomic E-state index is 13.7. The van der Waals surface area contributed by atoms with Gasteiger partial charge in [0.25, 0.3) is 0 Å². The molecule has 0 bridgehead atoms. The minimum absolute atomic E-state index is 0.0432. The van der Waals surface area contributed by atoms with Crippen molar-refractivity contribution in [3.63, 3.8) is 0 Å². The molecule has 0 saturated heterocycles. The van der Waals surface area contributed by atoms with Crippen LogP contribution in [0.2, 0.25) is 15.1 Å². The summed E-state index contributed by atoms with van der Waals surface area (Å²) in [7, 11) is -3.85. The minimum Gasteiger partial charge on any atom is -0.354 e. The van der Waals surface area contributed by atoms with Crippen LogP contribution < -0.4 is 9.62 Å². The van der Waals surface area contributed by atoms with E-state index in [4.69, 9.17) is 34.8 Å². The number of hydrogen-bond acceptors (Lipinski definition) is 4. The number of amides is 2. The second-order valence-corrected chi connectivity index (χ2v) is 11.6. The maximum Gasteiger partial charge on any atom is 0.244 e. The van der Waals surface area contributed by atoms with Crippen molar-refractivity contribution >= 4 is 62.3 Å². The quantitative estimate of drug-likeness (QED) is 0.341. The Morgan fingerprint density at radius 3 is 2.31 bits per heavy atom. The molecule has 2 aromatic carbocycles. The van der Waals surface area contributed by atoms with Crippen LogP contribution in [0.25, 0.3) is 0 Å². The molecule has 1 N–H and O–H groups in total. The Kier molecular flexibility index (Phi) is 11.3. The fraction of sp³-hybridized carbons (Fsp3) is 0.440. The second-order valence-electron chi connectivity index (χ2n) is 8.49. The largest absolute Gasteiger partial charge is 0.354 e. The third-order valence-electron chi connectivity index (χ3n) is 5.74. The van der Waals surface area contributed by atoms with Crippen molar-refractivity contribution < 1.29 is 18.0 Å². The van der Waals surface area contributed by atoms with E-state index in [9.17, 15) is 18.0 Å². The van der Waals surface area contributed by atoms with Crippen LogP contribution in [-0.2, 0) is 26.2 Å². The first-order valence-corrected chi connectivity index (χ1v) is 14.6. The van der Waals surface area contributed by atoms with Crippen LogP contribution in [0.1, 0.15) is 44.2 Å². The second kappa shape index (κ2) is 13.5. The summed E-state index contributed by atoms with van der Waals surface area (Å²) in [4.78, 5) is 28.2. The molecule has 198 valence electrons. The van der Waals surface area contributed by atoms with Crippen molar-refractivity contribution in [2.45, 2.75) is 52.6 Å². The van der Waals surface area contributed by atoms with Crippen LogP contribution in [0.15, 0.2) is 36.4 Å². The average molecular weight is 577 g/mol. The lowest BCUT2D eigenvalue weighted by molar-refractivity contribution is -0.140. The molecule has 2 amide bonds. The third-order valence-corrected chi connectivity index (χ3v) is 8.01. The molecule has 0 saturated carbocycles. The molecule has 0 fully saturated rings. The molecule has 0 heterocycles. The van der Waals surface area contributed by atoms with Gasteiger partial charge in [-0.25, -0.2) is 8.42 Å². The summed E-state index contributed by atoms with van der Waals surface area (Å²) in [6.45, 7) is 5.53. The number of halogens is 3. The van der Waals surface area contributed by atoms with Gasteiger partial charge in [-0.2, -0.15) is 0 Å². The van der Waals surface area contributed by atoms with Gasteiger partial charge in [-0.1, -0.05) is 67.2 Å². The van der Waals surface area contributed by atoms with Crippen molar-refractivity contribution in [2.24, 2.45) is 0 Å². The van der Waals surface area contributed by atoms with E-state index < -0.39 is 28.5 Å². The molecule has 2 rings (SSSR count). The van der Waals surface area contributed by atoms with Crippen LogP contribution >= 0.6 is 34.8 Å². The number of carbonyl (C=O) groups is 2. The molecule has 0 spiro atoms. The molecular formula is C25H32Cl3N3O4S. The first kappa shape index (κ1) is 30.2. The normalized spacial score (nSPS) is 12.2. The number of unbranched alkanes of at least 4 members (excludes halogenated alkanes) is 1. The predicted molar refractivity (Wildman–Crippen MR) is 147 cm³/mol. The highest BCUT2D eigenvalue weighted by Gasteiger charge is 2.32. The summed E-state index contributed by atoms with van der Waals surface area (Å²) in [5.74, 6) is -0.840. The van der Waals surface area contributed by atoms with E-state index in [0.717, 1.165) is 23.4 Å². The Morgan fingerprint density at radius 2 is 1.72 bits per heavy atom. The zero-order valence-corrected chi connectivity index (χ0v) is 23.9. The number of anilines is 1. The number of nitrogens with one attached hydrogen (secondary N) is 1. The highest BCUT2D eigenvalue weighted by atomic mass is 35.5. The van der Waals surface area contributed by atoms with E-state index in [1.165, 1.54) is 4.90 Å².